The number of hydrogen-bond acceptors (Lipinski definition) is 4. The van der Waals surface area contributed by atoms with Gasteiger partial charge in [-0.2, -0.15) is 0 Å². The smallest absolute Gasteiger partial charge is 0.322 e. The summed E-state index contributed by atoms with van der Waals surface area (Å²) >= 11 is 0. The highest BCUT2D eigenvalue weighted by atomic mass is 16.5. The number of carbonyl (C=O) groups is 1. The van der Waals surface area contributed by atoms with Crippen LogP contribution in [0.3, 0.4) is 0 Å². The van der Waals surface area contributed by atoms with Crippen molar-refractivity contribution in [1.29, 1.82) is 0 Å². The van der Waals surface area contributed by atoms with E-state index in [1.165, 1.54) is 7.11 Å². The van der Waals surface area contributed by atoms with Gasteiger partial charge in [-0.15, -0.1) is 0 Å². The summed E-state index contributed by atoms with van der Waals surface area (Å²) in [5.41, 5.74) is -0.0959. The summed E-state index contributed by atoms with van der Waals surface area (Å²) < 4.78 is 10.6. The molecule has 4 nitrogen and oxygen atoms in total. The minimum atomic E-state index is -0.172. The van der Waals surface area contributed by atoms with Crippen molar-refractivity contribution in [2.75, 3.05) is 13.7 Å². The number of methoxy groups -OCH3 is 1. The molecule has 1 aliphatic heterocycles. The number of esters is 1. The van der Waals surface area contributed by atoms with Crippen LogP contribution in [0.2, 0.25) is 0 Å². The van der Waals surface area contributed by atoms with E-state index in [2.05, 4.69) is 26.1 Å². The average molecular weight is 257 g/mol. The molecule has 1 rings (SSSR count). The summed E-state index contributed by atoms with van der Waals surface area (Å²) in [5.74, 6) is -0.146. The molecule has 4 heteroatoms. The summed E-state index contributed by atoms with van der Waals surface area (Å²) in [7, 11) is 1.46. The number of carbonyl (C=O) groups excluding carboxylic acids is 1. The predicted octanol–water partition coefficient (Wildman–Crippen LogP) is 2.27. The third kappa shape index (κ3) is 4.94. The molecule has 0 spiro atoms. The van der Waals surface area contributed by atoms with Gasteiger partial charge in [0.2, 0.25) is 0 Å². The van der Waals surface area contributed by atoms with Gasteiger partial charge in [0.05, 0.1) is 12.7 Å². The van der Waals surface area contributed by atoms with Crippen LogP contribution < -0.4 is 5.32 Å². The zero-order valence-electron chi connectivity index (χ0n) is 12.1. The van der Waals surface area contributed by atoms with Crippen molar-refractivity contribution in [1.82, 2.24) is 5.32 Å². The van der Waals surface area contributed by atoms with Crippen molar-refractivity contribution in [3.8, 4) is 0 Å². The lowest BCUT2D eigenvalue weighted by Crippen LogP contribution is -2.50. The number of rotatable bonds is 6. The molecule has 18 heavy (non-hydrogen) atoms. The monoisotopic (exact) mass is 257 g/mol. The second-order valence-corrected chi connectivity index (χ2v) is 5.68. The predicted molar refractivity (Wildman–Crippen MR) is 71.5 cm³/mol. The van der Waals surface area contributed by atoms with E-state index in [1.54, 1.807) is 0 Å². The van der Waals surface area contributed by atoms with Crippen molar-refractivity contribution < 1.29 is 14.3 Å². The minimum absolute atomic E-state index is 0.0959. The molecule has 2 atom stereocenters. The number of hydrogen-bond donors (Lipinski definition) is 1. The van der Waals surface area contributed by atoms with Crippen LogP contribution in [0.25, 0.3) is 0 Å². The van der Waals surface area contributed by atoms with Gasteiger partial charge in [0.15, 0.2) is 0 Å². The minimum Gasteiger partial charge on any atom is -0.468 e. The van der Waals surface area contributed by atoms with E-state index in [1.807, 2.05) is 0 Å². The molecule has 1 saturated heterocycles. The highest BCUT2D eigenvalue weighted by Crippen LogP contribution is 2.24. The summed E-state index contributed by atoms with van der Waals surface area (Å²) in [6, 6.07) is 0.170. The first-order chi connectivity index (χ1) is 8.48. The van der Waals surface area contributed by atoms with Gasteiger partial charge in [-0.3, -0.25) is 4.79 Å². The fourth-order valence-corrected chi connectivity index (χ4v) is 2.48. The van der Waals surface area contributed by atoms with Crippen molar-refractivity contribution in [2.24, 2.45) is 0 Å². The first kappa shape index (κ1) is 15.4. The van der Waals surface area contributed by atoms with E-state index in [0.717, 1.165) is 38.7 Å². The molecule has 1 heterocycles. The average Bonchev–Trinajstić information content (AvgIpc) is 2.32. The Kier molecular flexibility index (Phi) is 6.09. The van der Waals surface area contributed by atoms with Crippen molar-refractivity contribution >= 4 is 5.97 Å². The van der Waals surface area contributed by atoms with Gasteiger partial charge in [-0.1, -0.05) is 19.8 Å². The molecule has 0 aromatic rings. The zero-order valence-corrected chi connectivity index (χ0v) is 12.1. The molecule has 0 amide bonds. The van der Waals surface area contributed by atoms with Crippen molar-refractivity contribution in [3.63, 3.8) is 0 Å². The molecular formula is C14H27NO3. The third-order valence-corrected chi connectivity index (χ3v) is 3.47. The second-order valence-electron chi connectivity index (χ2n) is 5.68. The van der Waals surface area contributed by atoms with Gasteiger partial charge in [0.1, 0.15) is 6.04 Å². The molecule has 0 saturated carbocycles. The van der Waals surface area contributed by atoms with E-state index in [-0.39, 0.29) is 17.6 Å². The Morgan fingerprint density at radius 2 is 2.28 bits per heavy atom. The Balaban J connectivity index is 2.51. The van der Waals surface area contributed by atoms with E-state index < -0.39 is 0 Å². The largest absolute Gasteiger partial charge is 0.468 e. The topological polar surface area (TPSA) is 47.6 Å². The molecule has 0 aliphatic carbocycles. The molecule has 0 bridgehead atoms. The number of ether oxygens (including phenoxy) is 2. The zero-order chi connectivity index (χ0) is 13.6. The molecule has 0 aromatic carbocycles. The first-order valence-electron chi connectivity index (χ1n) is 6.96. The van der Waals surface area contributed by atoms with Crippen LogP contribution in [-0.4, -0.2) is 37.4 Å². The third-order valence-electron chi connectivity index (χ3n) is 3.47. The van der Waals surface area contributed by atoms with Crippen molar-refractivity contribution in [2.45, 2.75) is 70.6 Å². The molecule has 1 N–H and O–H groups in total. The van der Waals surface area contributed by atoms with Crippen LogP contribution in [0, 0.1) is 0 Å². The fourth-order valence-electron chi connectivity index (χ4n) is 2.48. The van der Waals surface area contributed by atoms with Gasteiger partial charge in [0.25, 0.3) is 0 Å². The highest BCUT2D eigenvalue weighted by molar-refractivity contribution is 5.75. The molecule has 0 aromatic heterocycles. The van der Waals surface area contributed by atoms with E-state index >= 15 is 0 Å². The van der Waals surface area contributed by atoms with Crippen LogP contribution in [0.4, 0.5) is 0 Å². The van der Waals surface area contributed by atoms with Crippen LogP contribution in [0.5, 0.6) is 0 Å². The molecule has 106 valence electrons. The molecular weight excluding hydrogens is 230 g/mol. The highest BCUT2D eigenvalue weighted by Gasteiger charge is 2.31. The standard InChI is InChI=1S/C14H27NO3/c1-5-6-7-12(13(16)17-4)15-11-8-9-18-14(2,3)10-11/h11-12,15H,5-10H2,1-4H3. The van der Waals surface area contributed by atoms with E-state index in [4.69, 9.17) is 9.47 Å². The summed E-state index contributed by atoms with van der Waals surface area (Å²) in [6.07, 6.45) is 4.88. The Bertz CT molecular complexity index is 266. The molecule has 0 radical (unpaired) electrons. The normalized spacial score (nSPS) is 24.6. The number of unbranched alkanes of at least 4 members (excludes halogenated alkanes) is 1. The molecule has 1 fully saturated rings. The lowest BCUT2D eigenvalue weighted by Gasteiger charge is -2.37. The Morgan fingerprint density at radius 3 is 2.83 bits per heavy atom. The van der Waals surface area contributed by atoms with Gasteiger partial charge in [-0.05, 0) is 33.1 Å². The van der Waals surface area contributed by atoms with Gasteiger partial charge in [0, 0.05) is 12.6 Å². The SMILES string of the molecule is CCCCC(NC1CCOC(C)(C)C1)C(=O)OC. The molecule has 2 unspecified atom stereocenters. The Labute approximate surface area is 110 Å². The fraction of sp³-hybridized carbons (Fsp3) is 0.929. The van der Waals surface area contributed by atoms with Crippen LogP contribution in [-0.2, 0) is 14.3 Å². The van der Waals surface area contributed by atoms with E-state index in [9.17, 15) is 4.79 Å². The second kappa shape index (κ2) is 7.10. The maximum atomic E-state index is 11.7. The first-order valence-corrected chi connectivity index (χ1v) is 6.96. The molecule has 1 aliphatic rings. The lowest BCUT2D eigenvalue weighted by atomic mass is 9.93. The Morgan fingerprint density at radius 1 is 1.56 bits per heavy atom. The van der Waals surface area contributed by atoms with Crippen molar-refractivity contribution in [3.05, 3.63) is 0 Å². The van der Waals surface area contributed by atoms with E-state index in [0.29, 0.717) is 6.04 Å². The maximum absolute atomic E-state index is 11.7. The summed E-state index contributed by atoms with van der Waals surface area (Å²) in [6.45, 7) is 7.08. The number of nitrogens with one attached hydrogen (secondary N) is 1. The van der Waals surface area contributed by atoms with Crippen LogP contribution in [0.1, 0.15) is 52.9 Å². The lowest BCUT2D eigenvalue weighted by molar-refractivity contribution is -0.144. The Hall–Kier alpha value is -0.610. The van der Waals surface area contributed by atoms with Crippen LogP contribution >= 0.6 is 0 Å². The summed E-state index contributed by atoms with van der Waals surface area (Å²) in [5, 5.41) is 3.44. The van der Waals surface area contributed by atoms with Gasteiger partial charge >= 0.3 is 5.97 Å². The maximum Gasteiger partial charge on any atom is 0.322 e. The van der Waals surface area contributed by atoms with Crippen LogP contribution in [0.15, 0.2) is 0 Å². The van der Waals surface area contributed by atoms with Gasteiger partial charge in [-0.25, -0.2) is 0 Å². The quantitative estimate of drug-likeness (QED) is 0.742. The summed E-state index contributed by atoms with van der Waals surface area (Å²) in [4.78, 5) is 11.7. The van der Waals surface area contributed by atoms with Gasteiger partial charge < -0.3 is 14.8 Å².